The van der Waals surface area contributed by atoms with Gasteiger partial charge in [0.15, 0.2) is 6.10 Å². The van der Waals surface area contributed by atoms with E-state index in [1.165, 1.54) is 128 Å². The Kier molecular flexibility index (Phi) is 32.7. The lowest BCUT2D eigenvalue weighted by Crippen LogP contribution is -2.64. The lowest BCUT2D eigenvalue weighted by atomic mass is 9.85. The van der Waals surface area contributed by atoms with Crippen LogP contribution in [0.5, 0.6) is 0 Å². The Morgan fingerprint density at radius 3 is 1.16 bits per heavy atom. The van der Waals surface area contributed by atoms with E-state index in [4.69, 9.17) is 18.5 Å². The van der Waals surface area contributed by atoms with Crippen molar-refractivity contribution in [1.29, 1.82) is 0 Å². The van der Waals surface area contributed by atoms with Crippen molar-refractivity contribution in [2.45, 2.75) is 249 Å². The minimum absolute atomic E-state index is 0.104. The molecule has 0 bridgehead atoms. The number of carbonyl (C=O) groups excluding carboxylic acids is 2. The highest BCUT2D eigenvalue weighted by molar-refractivity contribution is 7.47. The Labute approximate surface area is 344 Å². The topological polar surface area (TPSA) is 210 Å². The molecule has 13 nitrogen and oxygen atoms in total. The standard InChI is InChI=1S/C43H83O13P/c1-3-5-7-9-11-13-15-17-18-20-21-23-25-27-29-31-36(44)53-33-35(34-54-57(51,52)56-43-41(49)39(47)38(46)40(48)42(43)50)55-37(45)32-30-28-26-24-22-19-16-14-12-10-8-6-4-2/h35,38-43,46-50H,3-34H2,1-2H3,(H,51,52). The van der Waals surface area contributed by atoms with Crippen LogP contribution in [0, 0.1) is 0 Å². The van der Waals surface area contributed by atoms with Crippen molar-refractivity contribution in [2.75, 3.05) is 13.2 Å². The van der Waals surface area contributed by atoms with E-state index < -0.39 is 75.7 Å². The summed E-state index contributed by atoms with van der Waals surface area (Å²) in [5.41, 5.74) is 0. The molecular weight excluding hydrogens is 755 g/mol. The number of ether oxygens (including phenoxy) is 2. The smallest absolute Gasteiger partial charge is 0.462 e. The van der Waals surface area contributed by atoms with Gasteiger partial charge in [-0.3, -0.25) is 18.6 Å². The second-order valence-corrected chi connectivity index (χ2v) is 17.7. The predicted molar refractivity (Wildman–Crippen MR) is 221 cm³/mol. The van der Waals surface area contributed by atoms with E-state index in [1.807, 2.05) is 0 Å². The van der Waals surface area contributed by atoms with Gasteiger partial charge in [-0.05, 0) is 12.8 Å². The molecule has 14 heteroatoms. The van der Waals surface area contributed by atoms with Crippen molar-refractivity contribution in [3.63, 3.8) is 0 Å². The molecule has 0 aromatic heterocycles. The van der Waals surface area contributed by atoms with Gasteiger partial charge >= 0.3 is 19.8 Å². The first-order valence-corrected chi connectivity index (χ1v) is 24.3. The third-order valence-electron chi connectivity index (χ3n) is 10.9. The van der Waals surface area contributed by atoms with E-state index in [2.05, 4.69) is 13.8 Å². The van der Waals surface area contributed by atoms with E-state index in [0.29, 0.717) is 12.8 Å². The maximum atomic E-state index is 12.8. The van der Waals surface area contributed by atoms with Crippen molar-refractivity contribution < 1.29 is 63.1 Å². The molecule has 0 aliphatic heterocycles. The van der Waals surface area contributed by atoms with E-state index in [9.17, 15) is 44.6 Å². The summed E-state index contributed by atoms with van der Waals surface area (Å²) in [4.78, 5) is 35.6. The summed E-state index contributed by atoms with van der Waals surface area (Å²) in [6.45, 7) is 3.31. The van der Waals surface area contributed by atoms with E-state index >= 15 is 0 Å². The molecule has 0 amide bonds. The van der Waals surface area contributed by atoms with Crippen molar-refractivity contribution in [2.24, 2.45) is 0 Å². The van der Waals surface area contributed by atoms with E-state index in [0.717, 1.165) is 38.5 Å². The van der Waals surface area contributed by atoms with Crippen LogP contribution in [0.4, 0.5) is 0 Å². The summed E-state index contributed by atoms with van der Waals surface area (Å²) in [5, 5.41) is 50.1. The van der Waals surface area contributed by atoms with Crippen LogP contribution in [0.25, 0.3) is 0 Å². The molecule has 338 valence electrons. The van der Waals surface area contributed by atoms with Gasteiger partial charge in [0.25, 0.3) is 0 Å². The Morgan fingerprint density at radius 2 is 0.789 bits per heavy atom. The SMILES string of the molecule is CCCCCCCCCCCCCCCCCC(=O)OCC(COP(=O)(O)OC1C(O)C(O)C(O)C(O)C1O)OC(=O)CCCCCCCCCCCCCCC. The molecule has 1 aliphatic carbocycles. The Bertz CT molecular complexity index is 1020. The summed E-state index contributed by atoms with van der Waals surface area (Å²) < 4.78 is 33.5. The maximum Gasteiger partial charge on any atom is 0.472 e. The monoisotopic (exact) mass is 839 g/mol. The molecule has 57 heavy (non-hydrogen) atoms. The van der Waals surface area contributed by atoms with Gasteiger partial charge in [-0.25, -0.2) is 4.57 Å². The number of hydrogen-bond donors (Lipinski definition) is 6. The minimum atomic E-state index is -5.11. The van der Waals surface area contributed by atoms with Crippen molar-refractivity contribution >= 4 is 19.8 Å². The number of rotatable bonds is 38. The second kappa shape index (κ2) is 34.6. The molecule has 0 heterocycles. The Balaban J connectivity index is 2.45. The molecule has 6 N–H and O–H groups in total. The number of phosphoric ester groups is 1. The third kappa shape index (κ3) is 27.3. The Hall–Kier alpha value is -1.15. The number of hydrogen-bond acceptors (Lipinski definition) is 12. The van der Waals surface area contributed by atoms with Crippen LogP contribution >= 0.6 is 7.82 Å². The second-order valence-electron chi connectivity index (χ2n) is 16.3. The minimum Gasteiger partial charge on any atom is -0.462 e. The van der Waals surface area contributed by atoms with E-state index in [-0.39, 0.29) is 12.8 Å². The molecule has 0 spiro atoms. The van der Waals surface area contributed by atoms with Crippen LogP contribution < -0.4 is 0 Å². The molecule has 1 aliphatic rings. The summed E-state index contributed by atoms with van der Waals surface area (Å²) >= 11 is 0. The van der Waals surface area contributed by atoms with Gasteiger partial charge < -0.3 is 39.9 Å². The summed E-state index contributed by atoms with van der Waals surface area (Å²) in [6.07, 6.45) is 20.2. The fraction of sp³-hybridized carbons (Fsp3) is 0.953. The first-order valence-electron chi connectivity index (χ1n) is 22.8. The fourth-order valence-electron chi connectivity index (χ4n) is 7.23. The molecule has 0 radical (unpaired) electrons. The highest BCUT2D eigenvalue weighted by Crippen LogP contribution is 2.47. The highest BCUT2D eigenvalue weighted by Gasteiger charge is 2.51. The number of carbonyl (C=O) groups is 2. The molecule has 1 saturated carbocycles. The van der Waals surface area contributed by atoms with Crippen molar-refractivity contribution in [3.05, 3.63) is 0 Å². The number of aliphatic hydroxyl groups excluding tert-OH is 5. The number of esters is 2. The zero-order chi connectivity index (χ0) is 42.2. The fourth-order valence-corrected chi connectivity index (χ4v) is 8.20. The summed E-state index contributed by atoms with van der Waals surface area (Å²) in [7, 11) is -5.11. The van der Waals surface area contributed by atoms with Gasteiger partial charge in [-0.15, -0.1) is 0 Å². The summed E-state index contributed by atoms with van der Waals surface area (Å²) in [6, 6.07) is 0. The molecule has 0 aromatic rings. The largest absolute Gasteiger partial charge is 0.472 e. The molecular formula is C43H83O13P. The van der Waals surface area contributed by atoms with Gasteiger partial charge in [0.2, 0.25) is 0 Å². The van der Waals surface area contributed by atoms with Gasteiger partial charge in [-0.1, -0.05) is 181 Å². The molecule has 0 saturated heterocycles. The van der Waals surface area contributed by atoms with Gasteiger partial charge in [0.05, 0.1) is 6.61 Å². The number of phosphoric acid groups is 1. The van der Waals surface area contributed by atoms with Crippen LogP contribution in [0.15, 0.2) is 0 Å². The van der Waals surface area contributed by atoms with Gasteiger partial charge in [0.1, 0.15) is 43.2 Å². The normalized spacial score (nSPS) is 22.6. The van der Waals surface area contributed by atoms with Crippen LogP contribution in [0.1, 0.15) is 206 Å². The highest BCUT2D eigenvalue weighted by atomic mass is 31.2. The number of aliphatic hydroxyl groups is 5. The maximum absolute atomic E-state index is 12.8. The lowest BCUT2D eigenvalue weighted by Gasteiger charge is -2.41. The van der Waals surface area contributed by atoms with Crippen molar-refractivity contribution in [3.8, 4) is 0 Å². The third-order valence-corrected chi connectivity index (χ3v) is 11.9. The molecule has 1 rings (SSSR count). The molecule has 1 fully saturated rings. The zero-order valence-corrected chi connectivity index (χ0v) is 36.6. The Morgan fingerprint density at radius 1 is 0.474 bits per heavy atom. The number of unbranched alkanes of at least 4 members (excludes halogenated alkanes) is 26. The average Bonchev–Trinajstić information content (AvgIpc) is 3.19. The van der Waals surface area contributed by atoms with Gasteiger partial charge in [-0.2, -0.15) is 0 Å². The molecule has 6 unspecified atom stereocenters. The quantitative estimate of drug-likeness (QED) is 0.0196. The van der Waals surface area contributed by atoms with E-state index in [1.54, 1.807) is 0 Å². The predicted octanol–water partition coefficient (Wildman–Crippen LogP) is 8.50. The van der Waals surface area contributed by atoms with Crippen molar-refractivity contribution in [1.82, 2.24) is 0 Å². The lowest BCUT2D eigenvalue weighted by molar-refractivity contribution is -0.220. The molecule has 0 aromatic carbocycles. The zero-order valence-electron chi connectivity index (χ0n) is 35.7. The first kappa shape index (κ1) is 53.9. The average molecular weight is 839 g/mol. The summed E-state index contributed by atoms with van der Waals surface area (Å²) in [5.74, 6) is -1.09. The van der Waals surface area contributed by atoms with Crippen LogP contribution in [-0.2, 0) is 32.7 Å². The van der Waals surface area contributed by atoms with Crippen LogP contribution in [0.3, 0.4) is 0 Å². The molecule has 6 atom stereocenters. The van der Waals surface area contributed by atoms with Gasteiger partial charge in [0, 0.05) is 12.8 Å². The first-order chi connectivity index (χ1) is 27.4. The van der Waals surface area contributed by atoms with Crippen LogP contribution in [0.2, 0.25) is 0 Å². The van der Waals surface area contributed by atoms with Crippen LogP contribution in [-0.4, -0.2) is 98.3 Å².